The van der Waals surface area contributed by atoms with Crippen molar-refractivity contribution in [2.75, 3.05) is 25.0 Å². The summed E-state index contributed by atoms with van der Waals surface area (Å²) in [6, 6.07) is 9.33. The van der Waals surface area contributed by atoms with E-state index in [2.05, 4.69) is 10.2 Å². The van der Waals surface area contributed by atoms with Crippen LogP contribution >= 0.6 is 0 Å². The van der Waals surface area contributed by atoms with Crippen molar-refractivity contribution in [2.24, 2.45) is 0 Å². The monoisotopic (exact) mass is 410 g/mol. The maximum absolute atomic E-state index is 13.4. The zero-order valence-electron chi connectivity index (χ0n) is 15.3. The summed E-state index contributed by atoms with van der Waals surface area (Å²) in [6.45, 7) is 1.73. The highest BCUT2D eigenvalue weighted by molar-refractivity contribution is 7.91. The summed E-state index contributed by atoms with van der Waals surface area (Å²) in [5.41, 5.74) is 0.728. The van der Waals surface area contributed by atoms with E-state index >= 15 is 0 Å². The Morgan fingerprint density at radius 3 is 2.54 bits per heavy atom. The van der Waals surface area contributed by atoms with E-state index in [-0.39, 0.29) is 16.9 Å². The highest BCUT2D eigenvalue weighted by atomic mass is 32.2. The molecule has 28 heavy (non-hydrogen) atoms. The Kier molecular flexibility index (Phi) is 4.66. The minimum absolute atomic E-state index is 0.0887. The lowest BCUT2D eigenvalue weighted by molar-refractivity contribution is -0.139. The highest BCUT2D eigenvalue weighted by Crippen LogP contribution is 2.45. The number of benzene rings is 2. The van der Waals surface area contributed by atoms with E-state index in [9.17, 15) is 21.6 Å². The second kappa shape index (κ2) is 6.77. The molecule has 1 unspecified atom stereocenters. The average Bonchev–Trinajstić information content (AvgIpc) is 2.81. The molecule has 0 bridgehead atoms. The number of nitrogens with zero attached hydrogens (tertiary/aromatic N) is 1. The third-order valence-electron chi connectivity index (χ3n) is 5.78. The van der Waals surface area contributed by atoms with Gasteiger partial charge >= 0.3 is 6.18 Å². The van der Waals surface area contributed by atoms with Crippen LogP contribution in [0.3, 0.4) is 0 Å². The van der Waals surface area contributed by atoms with E-state index in [1.165, 1.54) is 18.2 Å². The number of fused-ring (bicyclic) bond motifs is 3. The predicted octanol–water partition coefficient (Wildman–Crippen LogP) is 3.82. The second-order valence-electron chi connectivity index (χ2n) is 7.33. The van der Waals surface area contributed by atoms with Gasteiger partial charge in [0.05, 0.1) is 15.4 Å². The summed E-state index contributed by atoms with van der Waals surface area (Å²) in [4.78, 5) is 1.37. The molecule has 8 heteroatoms. The maximum atomic E-state index is 13.4. The van der Waals surface area contributed by atoms with E-state index in [0.29, 0.717) is 0 Å². The molecule has 1 saturated heterocycles. The molecule has 2 heterocycles. The normalized spacial score (nSPS) is 22.5. The molecule has 1 N–H and O–H groups in total. The number of hydrogen-bond acceptors (Lipinski definition) is 4. The number of anilines is 1. The van der Waals surface area contributed by atoms with Crippen LogP contribution in [0.4, 0.5) is 18.9 Å². The van der Waals surface area contributed by atoms with E-state index in [1.807, 2.05) is 7.05 Å². The van der Waals surface area contributed by atoms with Crippen molar-refractivity contribution in [3.63, 3.8) is 0 Å². The van der Waals surface area contributed by atoms with Crippen molar-refractivity contribution in [1.82, 2.24) is 5.32 Å². The van der Waals surface area contributed by atoms with E-state index in [1.54, 1.807) is 12.1 Å². The van der Waals surface area contributed by atoms with Gasteiger partial charge in [0.15, 0.2) is 0 Å². The quantitative estimate of drug-likeness (QED) is 0.818. The fraction of sp³-hybridized carbons (Fsp3) is 0.400. The summed E-state index contributed by atoms with van der Waals surface area (Å²) in [6.07, 6.45) is -2.93. The number of halogens is 3. The third kappa shape index (κ3) is 3.08. The van der Waals surface area contributed by atoms with Gasteiger partial charge in [-0.15, -0.1) is 0 Å². The third-order valence-corrected chi connectivity index (χ3v) is 7.59. The minimum atomic E-state index is -4.74. The zero-order valence-corrected chi connectivity index (χ0v) is 16.1. The summed E-state index contributed by atoms with van der Waals surface area (Å²) in [5, 5.41) is 3.35. The second-order valence-corrected chi connectivity index (χ2v) is 9.25. The van der Waals surface area contributed by atoms with Crippen molar-refractivity contribution in [3.8, 4) is 0 Å². The van der Waals surface area contributed by atoms with E-state index in [0.717, 1.165) is 49.3 Å². The molecule has 0 radical (unpaired) electrons. The number of nitrogens with one attached hydrogen (secondary N) is 1. The van der Waals surface area contributed by atoms with Crippen LogP contribution < -0.4 is 10.2 Å². The Labute approximate surface area is 162 Å². The van der Waals surface area contributed by atoms with Crippen LogP contribution in [0.2, 0.25) is 0 Å². The molecule has 2 aliphatic rings. The Morgan fingerprint density at radius 2 is 1.79 bits per heavy atom. The van der Waals surface area contributed by atoms with Gasteiger partial charge in [0.25, 0.3) is 0 Å². The van der Waals surface area contributed by atoms with E-state index in [4.69, 9.17) is 0 Å². The first kappa shape index (κ1) is 19.3. The largest absolute Gasteiger partial charge is 0.417 e. The lowest BCUT2D eigenvalue weighted by Crippen LogP contribution is -2.30. The molecular formula is C20H21F3N2O2S. The van der Waals surface area contributed by atoms with Gasteiger partial charge < -0.3 is 10.2 Å². The van der Waals surface area contributed by atoms with Crippen molar-refractivity contribution in [2.45, 2.75) is 40.8 Å². The Hall–Kier alpha value is -2.06. The number of alkyl halides is 3. The smallest absolute Gasteiger partial charge is 0.371 e. The first-order chi connectivity index (χ1) is 13.2. The molecule has 1 fully saturated rings. The SMILES string of the molecule is CN1c2ccc(S(=O)(=O)c3ccccc3C(F)(F)F)cc2[C@@H]2CCNCCC21. The fourth-order valence-electron chi connectivity index (χ4n) is 4.41. The van der Waals surface area contributed by atoms with Crippen molar-refractivity contribution >= 4 is 15.5 Å². The number of hydrogen-bond donors (Lipinski definition) is 1. The molecule has 2 aromatic carbocycles. The first-order valence-electron chi connectivity index (χ1n) is 9.20. The van der Waals surface area contributed by atoms with Gasteiger partial charge in [-0.2, -0.15) is 13.2 Å². The molecule has 0 aliphatic carbocycles. The van der Waals surface area contributed by atoms with Crippen LogP contribution in [-0.2, 0) is 16.0 Å². The molecule has 2 atom stereocenters. The van der Waals surface area contributed by atoms with Crippen molar-refractivity contribution in [3.05, 3.63) is 53.6 Å². The molecule has 4 nitrogen and oxygen atoms in total. The van der Waals surface area contributed by atoms with Crippen molar-refractivity contribution in [1.29, 1.82) is 0 Å². The molecule has 150 valence electrons. The summed E-state index contributed by atoms with van der Waals surface area (Å²) < 4.78 is 66.2. The Morgan fingerprint density at radius 1 is 1.07 bits per heavy atom. The summed E-state index contributed by atoms with van der Waals surface area (Å²) in [5.74, 6) is 0.169. The van der Waals surface area contributed by atoms with Gasteiger partial charge in [0.1, 0.15) is 0 Å². The van der Waals surface area contributed by atoms with Gasteiger partial charge in [-0.1, -0.05) is 12.1 Å². The van der Waals surface area contributed by atoms with Crippen molar-refractivity contribution < 1.29 is 21.6 Å². The van der Waals surface area contributed by atoms with Gasteiger partial charge in [0, 0.05) is 24.7 Å². The van der Waals surface area contributed by atoms with Crippen LogP contribution in [0.25, 0.3) is 0 Å². The Balaban J connectivity index is 1.81. The number of likely N-dealkylation sites (N-methyl/N-ethyl adjacent to an activating group) is 1. The molecule has 0 saturated carbocycles. The van der Waals surface area contributed by atoms with Crippen LogP contribution in [0.1, 0.15) is 29.9 Å². The van der Waals surface area contributed by atoms with Gasteiger partial charge in [-0.25, -0.2) is 8.42 Å². The Bertz CT molecular complexity index is 1000. The molecule has 0 aromatic heterocycles. The maximum Gasteiger partial charge on any atom is 0.417 e. The highest BCUT2D eigenvalue weighted by Gasteiger charge is 2.40. The predicted molar refractivity (Wildman–Crippen MR) is 100 cm³/mol. The molecule has 0 spiro atoms. The van der Waals surface area contributed by atoms with Crippen LogP contribution in [0, 0.1) is 0 Å². The van der Waals surface area contributed by atoms with Gasteiger partial charge in [0.2, 0.25) is 9.84 Å². The summed E-state index contributed by atoms with van der Waals surface area (Å²) in [7, 11) is -2.30. The molecule has 2 aromatic rings. The van der Waals surface area contributed by atoms with Gasteiger partial charge in [-0.05, 0) is 61.8 Å². The van der Waals surface area contributed by atoms with Gasteiger partial charge in [-0.3, -0.25) is 0 Å². The molecule has 0 amide bonds. The standard InChI is InChI=1S/C20H21F3N2O2S/c1-25-17-7-6-13(12-15(17)14-8-10-24-11-9-18(14)25)28(26,27)19-5-3-2-4-16(19)20(21,22)23/h2-7,12,14,18,24H,8-11H2,1H3/t14-,18?/m0/s1. The van der Waals surface area contributed by atoms with Crippen LogP contribution in [-0.4, -0.2) is 34.6 Å². The topological polar surface area (TPSA) is 49.4 Å². The number of sulfone groups is 1. The molecular weight excluding hydrogens is 389 g/mol. The molecule has 2 aliphatic heterocycles. The van der Waals surface area contributed by atoms with E-state index < -0.39 is 26.5 Å². The number of rotatable bonds is 2. The lowest BCUT2D eigenvalue weighted by Gasteiger charge is -2.24. The van der Waals surface area contributed by atoms with Crippen LogP contribution in [0.15, 0.2) is 52.3 Å². The summed E-state index contributed by atoms with van der Waals surface area (Å²) >= 11 is 0. The van der Waals surface area contributed by atoms with Crippen LogP contribution in [0.5, 0.6) is 0 Å². The zero-order chi connectivity index (χ0) is 20.1. The fourth-order valence-corrected chi connectivity index (χ4v) is 5.93. The minimum Gasteiger partial charge on any atom is -0.371 e. The first-order valence-corrected chi connectivity index (χ1v) is 10.7. The lowest BCUT2D eigenvalue weighted by atomic mass is 9.91. The molecule has 4 rings (SSSR count). The average molecular weight is 410 g/mol.